The highest BCUT2D eigenvalue weighted by atomic mass is 79.9. The van der Waals surface area contributed by atoms with Crippen molar-refractivity contribution in [2.24, 2.45) is 0 Å². The first-order chi connectivity index (χ1) is 10.0. The molecule has 1 heterocycles. The standard InChI is InChI=1S/C14H16BrNO4S/c1-19-14-7-6-12(10-13(14)15)21(17,18)16-8-2-4-11-5-3-9-20-11/h3,5-7,9-10,16H,2,4,8H2,1H3. The van der Waals surface area contributed by atoms with Gasteiger partial charge in [-0.3, -0.25) is 0 Å². The lowest BCUT2D eigenvalue weighted by molar-refractivity contribution is 0.411. The van der Waals surface area contributed by atoms with Crippen LogP contribution in [0.15, 0.2) is 50.4 Å². The lowest BCUT2D eigenvalue weighted by Gasteiger charge is -2.08. The second kappa shape index (κ2) is 7.11. The summed E-state index contributed by atoms with van der Waals surface area (Å²) >= 11 is 3.28. The number of nitrogens with one attached hydrogen (secondary N) is 1. The molecule has 0 amide bonds. The summed E-state index contributed by atoms with van der Waals surface area (Å²) in [6.45, 7) is 0.354. The van der Waals surface area contributed by atoms with E-state index in [1.807, 2.05) is 12.1 Å². The van der Waals surface area contributed by atoms with Crippen LogP contribution in [0.4, 0.5) is 0 Å². The van der Waals surface area contributed by atoms with E-state index >= 15 is 0 Å². The maximum absolute atomic E-state index is 12.1. The Hall–Kier alpha value is -1.31. The number of methoxy groups -OCH3 is 1. The molecule has 0 unspecified atom stereocenters. The summed E-state index contributed by atoms with van der Waals surface area (Å²) in [6, 6.07) is 8.33. The number of furan rings is 1. The van der Waals surface area contributed by atoms with Crippen molar-refractivity contribution in [3.8, 4) is 5.75 Å². The molecule has 0 radical (unpaired) electrons. The summed E-state index contributed by atoms with van der Waals surface area (Å²) in [7, 11) is -1.99. The van der Waals surface area contributed by atoms with Gasteiger partial charge in [-0.1, -0.05) is 0 Å². The molecule has 21 heavy (non-hydrogen) atoms. The molecule has 114 valence electrons. The van der Waals surface area contributed by atoms with Crippen LogP contribution < -0.4 is 9.46 Å². The normalized spacial score (nSPS) is 11.5. The minimum atomic E-state index is -3.51. The molecule has 1 N–H and O–H groups in total. The Bertz CT molecular complexity index is 683. The first kappa shape index (κ1) is 16.1. The van der Waals surface area contributed by atoms with Crippen LogP contribution in [0.2, 0.25) is 0 Å². The van der Waals surface area contributed by atoms with Gasteiger partial charge in [0.15, 0.2) is 0 Å². The Morgan fingerprint density at radius 1 is 1.33 bits per heavy atom. The van der Waals surface area contributed by atoms with Crippen molar-refractivity contribution in [1.29, 1.82) is 0 Å². The van der Waals surface area contributed by atoms with Gasteiger partial charge in [0.25, 0.3) is 0 Å². The van der Waals surface area contributed by atoms with Gasteiger partial charge >= 0.3 is 0 Å². The molecule has 1 aromatic carbocycles. The fourth-order valence-electron chi connectivity index (χ4n) is 1.82. The molecule has 0 aliphatic heterocycles. The Morgan fingerprint density at radius 2 is 2.14 bits per heavy atom. The Labute approximate surface area is 132 Å². The van der Waals surface area contributed by atoms with E-state index in [-0.39, 0.29) is 4.90 Å². The van der Waals surface area contributed by atoms with E-state index < -0.39 is 10.0 Å². The minimum Gasteiger partial charge on any atom is -0.496 e. The maximum atomic E-state index is 12.1. The van der Waals surface area contributed by atoms with Gasteiger partial charge in [-0.2, -0.15) is 0 Å². The van der Waals surface area contributed by atoms with Gasteiger partial charge < -0.3 is 9.15 Å². The highest BCUT2D eigenvalue weighted by molar-refractivity contribution is 9.10. The van der Waals surface area contributed by atoms with Crippen LogP contribution >= 0.6 is 15.9 Å². The van der Waals surface area contributed by atoms with E-state index in [0.717, 1.165) is 5.76 Å². The van der Waals surface area contributed by atoms with Crippen molar-refractivity contribution >= 4 is 26.0 Å². The molecule has 0 saturated heterocycles. The number of benzene rings is 1. The van der Waals surface area contributed by atoms with Gasteiger partial charge in [-0.25, -0.2) is 13.1 Å². The van der Waals surface area contributed by atoms with E-state index in [1.165, 1.54) is 19.2 Å². The largest absolute Gasteiger partial charge is 0.496 e. The van der Waals surface area contributed by atoms with Gasteiger partial charge in [0.2, 0.25) is 10.0 Å². The second-order valence-corrected chi connectivity index (χ2v) is 7.00. The Morgan fingerprint density at radius 3 is 2.76 bits per heavy atom. The van der Waals surface area contributed by atoms with E-state index in [9.17, 15) is 8.42 Å². The molecule has 0 bridgehead atoms. The van der Waals surface area contributed by atoms with Crippen LogP contribution in [0.5, 0.6) is 5.75 Å². The zero-order chi connectivity index (χ0) is 15.3. The van der Waals surface area contributed by atoms with Crippen LogP contribution in [0.25, 0.3) is 0 Å². The molecule has 0 aliphatic carbocycles. The van der Waals surface area contributed by atoms with Crippen LogP contribution in [0.1, 0.15) is 12.2 Å². The van der Waals surface area contributed by atoms with E-state index in [4.69, 9.17) is 9.15 Å². The fourth-order valence-corrected chi connectivity index (χ4v) is 3.61. The summed E-state index contributed by atoms with van der Waals surface area (Å²) in [4.78, 5) is 0.202. The van der Waals surface area contributed by atoms with Gasteiger partial charge in [0.1, 0.15) is 11.5 Å². The van der Waals surface area contributed by atoms with E-state index in [0.29, 0.717) is 29.6 Å². The number of sulfonamides is 1. The molecule has 1 aromatic heterocycles. The van der Waals surface area contributed by atoms with Crippen molar-refractivity contribution in [1.82, 2.24) is 4.72 Å². The highest BCUT2D eigenvalue weighted by Crippen LogP contribution is 2.27. The van der Waals surface area contributed by atoms with Crippen molar-refractivity contribution < 1.29 is 17.6 Å². The first-order valence-corrected chi connectivity index (χ1v) is 8.66. The smallest absolute Gasteiger partial charge is 0.240 e. The molecule has 0 atom stereocenters. The molecule has 7 heteroatoms. The number of ether oxygens (including phenoxy) is 1. The molecule has 0 fully saturated rings. The van der Waals surface area contributed by atoms with Gasteiger partial charge in [-0.05, 0) is 52.7 Å². The number of halogens is 1. The zero-order valence-corrected chi connectivity index (χ0v) is 13.9. The third-order valence-corrected chi connectivity index (χ3v) is 4.98. The lowest BCUT2D eigenvalue weighted by atomic mass is 10.2. The topological polar surface area (TPSA) is 68.5 Å². The van der Waals surface area contributed by atoms with Gasteiger partial charge in [0, 0.05) is 13.0 Å². The quantitative estimate of drug-likeness (QED) is 0.757. The minimum absolute atomic E-state index is 0.202. The third-order valence-electron chi connectivity index (χ3n) is 2.91. The van der Waals surface area contributed by atoms with E-state index in [2.05, 4.69) is 20.7 Å². The predicted molar refractivity (Wildman–Crippen MR) is 82.9 cm³/mol. The second-order valence-electron chi connectivity index (χ2n) is 4.38. The molecular formula is C14H16BrNO4S. The monoisotopic (exact) mass is 373 g/mol. The van der Waals surface area contributed by atoms with Crippen molar-refractivity contribution in [3.05, 3.63) is 46.8 Å². The van der Waals surface area contributed by atoms with E-state index in [1.54, 1.807) is 12.3 Å². The van der Waals surface area contributed by atoms with Crippen molar-refractivity contribution in [2.45, 2.75) is 17.7 Å². The molecule has 0 aliphatic rings. The zero-order valence-electron chi connectivity index (χ0n) is 11.5. The number of aryl methyl sites for hydroxylation is 1. The molecule has 0 saturated carbocycles. The number of rotatable bonds is 7. The highest BCUT2D eigenvalue weighted by Gasteiger charge is 2.15. The van der Waals surface area contributed by atoms with Gasteiger partial charge in [0.05, 0.1) is 22.7 Å². The van der Waals surface area contributed by atoms with Crippen LogP contribution in [0.3, 0.4) is 0 Å². The molecule has 2 rings (SSSR count). The van der Waals surface area contributed by atoms with Crippen LogP contribution in [0, 0.1) is 0 Å². The summed E-state index contributed by atoms with van der Waals surface area (Å²) in [5.74, 6) is 1.44. The SMILES string of the molecule is COc1ccc(S(=O)(=O)NCCCc2ccco2)cc1Br. The maximum Gasteiger partial charge on any atom is 0.240 e. The summed E-state index contributed by atoms with van der Waals surface area (Å²) in [6.07, 6.45) is 2.97. The predicted octanol–water partition coefficient (Wildman–Crippen LogP) is 2.96. The van der Waals surface area contributed by atoms with Crippen LogP contribution in [-0.2, 0) is 16.4 Å². The number of hydrogen-bond acceptors (Lipinski definition) is 4. The number of hydrogen-bond donors (Lipinski definition) is 1. The first-order valence-electron chi connectivity index (χ1n) is 6.38. The summed E-state index contributed by atoms with van der Waals surface area (Å²) in [5.41, 5.74) is 0. The summed E-state index contributed by atoms with van der Waals surface area (Å²) in [5, 5.41) is 0. The fraction of sp³-hybridized carbons (Fsp3) is 0.286. The Balaban J connectivity index is 1.93. The molecular weight excluding hydrogens is 358 g/mol. The summed E-state index contributed by atoms with van der Waals surface area (Å²) < 4.78 is 37.7. The molecule has 0 spiro atoms. The molecule has 5 nitrogen and oxygen atoms in total. The third kappa shape index (κ3) is 4.33. The lowest BCUT2D eigenvalue weighted by Crippen LogP contribution is -2.25. The molecule has 2 aromatic rings. The van der Waals surface area contributed by atoms with Gasteiger partial charge in [-0.15, -0.1) is 0 Å². The van der Waals surface area contributed by atoms with Crippen molar-refractivity contribution in [2.75, 3.05) is 13.7 Å². The van der Waals surface area contributed by atoms with Crippen LogP contribution in [-0.4, -0.2) is 22.1 Å². The average Bonchev–Trinajstić information content (AvgIpc) is 2.97. The van der Waals surface area contributed by atoms with Crippen molar-refractivity contribution in [3.63, 3.8) is 0 Å². The average molecular weight is 374 g/mol. The Kier molecular flexibility index (Phi) is 5.44.